The Labute approximate surface area is 83.1 Å². The zero-order valence-electron chi connectivity index (χ0n) is 7.39. The third kappa shape index (κ3) is 1.04. The van der Waals surface area contributed by atoms with Crippen LogP contribution in [0.4, 0.5) is 0 Å². The van der Waals surface area contributed by atoms with Crippen LogP contribution < -0.4 is 5.32 Å². The fraction of sp³-hybridized carbons (Fsp3) is 0.455. The summed E-state index contributed by atoms with van der Waals surface area (Å²) >= 11 is 5.98. The van der Waals surface area contributed by atoms with Gasteiger partial charge in [-0.15, -0.1) is 0 Å². The molecule has 1 nitrogen and oxygen atoms in total. The topological polar surface area (TPSA) is 12.0 Å². The van der Waals surface area contributed by atoms with Crippen molar-refractivity contribution >= 4 is 11.6 Å². The number of fused-ring (bicyclic) bond motifs is 1. The van der Waals surface area contributed by atoms with Gasteiger partial charge >= 0.3 is 0 Å². The molecule has 0 atom stereocenters. The molecule has 2 saturated heterocycles. The summed E-state index contributed by atoms with van der Waals surface area (Å²) in [5.74, 6) is 0. The Hall–Kier alpha value is -0.530. The van der Waals surface area contributed by atoms with Crippen molar-refractivity contribution in [3.8, 4) is 0 Å². The van der Waals surface area contributed by atoms with Gasteiger partial charge in [0.15, 0.2) is 0 Å². The number of rotatable bonds is 1. The van der Waals surface area contributed by atoms with E-state index in [0.29, 0.717) is 5.41 Å². The maximum absolute atomic E-state index is 5.98. The highest BCUT2D eigenvalue weighted by Gasteiger charge is 2.51. The number of halogens is 1. The molecule has 1 saturated carbocycles. The van der Waals surface area contributed by atoms with Crippen LogP contribution in [0.25, 0.3) is 0 Å². The lowest BCUT2D eigenvalue weighted by Crippen LogP contribution is -2.37. The zero-order chi connectivity index (χ0) is 8.89. The molecule has 4 rings (SSSR count). The van der Waals surface area contributed by atoms with Crippen LogP contribution in [0.5, 0.6) is 0 Å². The summed E-state index contributed by atoms with van der Waals surface area (Å²) in [7, 11) is 0. The van der Waals surface area contributed by atoms with Crippen molar-refractivity contribution in [1.29, 1.82) is 0 Å². The summed E-state index contributed by atoms with van der Waals surface area (Å²) in [6, 6.07) is 9.09. The van der Waals surface area contributed by atoms with Crippen LogP contribution in [-0.2, 0) is 5.41 Å². The van der Waals surface area contributed by atoms with Crippen LogP contribution >= 0.6 is 11.6 Å². The predicted octanol–water partition coefficient (Wildman–Crippen LogP) is 2.34. The Morgan fingerprint density at radius 1 is 1.38 bits per heavy atom. The summed E-state index contributed by atoms with van der Waals surface area (Å²) in [6.07, 6.45) is 2.60. The molecule has 0 aromatic heterocycles. The first-order valence-electron chi connectivity index (χ1n) is 4.78. The zero-order valence-corrected chi connectivity index (χ0v) is 8.14. The number of hydrogen-bond donors (Lipinski definition) is 1. The molecule has 0 unspecified atom stereocenters. The predicted molar refractivity (Wildman–Crippen MR) is 54.2 cm³/mol. The minimum absolute atomic E-state index is 0.426. The SMILES string of the molecule is Clc1cccc(C23CNC(C2)C3)c1. The van der Waals surface area contributed by atoms with Gasteiger partial charge in [-0.2, -0.15) is 0 Å². The van der Waals surface area contributed by atoms with Gasteiger partial charge in [0.05, 0.1) is 0 Å². The highest BCUT2D eigenvalue weighted by atomic mass is 35.5. The molecule has 1 aromatic carbocycles. The third-order valence-electron chi connectivity index (χ3n) is 3.44. The van der Waals surface area contributed by atoms with E-state index in [2.05, 4.69) is 23.5 Å². The number of hydrogen-bond acceptors (Lipinski definition) is 1. The van der Waals surface area contributed by atoms with Crippen molar-refractivity contribution in [3.05, 3.63) is 34.9 Å². The Balaban J connectivity index is 2.00. The minimum Gasteiger partial charge on any atom is -0.313 e. The van der Waals surface area contributed by atoms with Crippen LogP contribution in [0, 0.1) is 0 Å². The fourth-order valence-electron chi connectivity index (χ4n) is 2.67. The molecule has 2 heterocycles. The first-order valence-corrected chi connectivity index (χ1v) is 5.16. The quantitative estimate of drug-likeness (QED) is 0.722. The number of nitrogens with one attached hydrogen (secondary N) is 1. The van der Waals surface area contributed by atoms with Gasteiger partial charge < -0.3 is 5.32 Å². The minimum atomic E-state index is 0.426. The van der Waals surface area contributed by atoms with Crippen LogP contribution in [0.15, 0.2) is 24.3 Å². The highest BCUT2D eigenvalue weighted by molar-refractivity contribution is 6.30. The molecule has 0 spiro atoms. The van der Waals surface area contributed by atoms with Gasteiger partial charge in [-0.1, -0.05) is 23.7 Å². The van der Waals surface area contributed by atoms with Gasteiger partial charge in [-0.3, -0.25) is 0 Å². The summed E-state index contributed by atoms with van der Waals surface area (Å²) < 4.78 is 0. The Kier molecular flexibility index (Phi) is 1.50. The van der Waals surface area contributed by atoms with E-state index in [1.165, 1.54) is 18.4 Å². The van der Waals surface area contributed by atoms with Gasteiger partial charge in [0.25, 0.3) is 0 Å². The van der Waals surface area contributed by atoms with Crippen molar-refractivity contribution in [1.82, 2.24) is 5.32 Å². The standard InChI is InChI=1S/C11H12ClN/c12-9-3-1-2-8(4-9)11-5-10(6-11)13-7-11/h1-4,10,13H,5-7H2. The lowest BCUT2D eigenvalue weighted by molar-refractivity contribution is 0.304. The second-order valence-corrected chi connectivity index (χ2v) is 4.71. The maximum atomic E-state index is 5.98. The van der Waals surface area contributed by atoms with E-state index in [-0.39, 0.29) is 0 Å². The first-order chi connectivity index (χ1) is 6.28. The van der Waals surface area contributed by atoms with Crippen LogP contribution in [0.1, 0.15) is 18.4 Å². The molecule has 2 heteroatoms. The monoisotopic (exact) mass is 193 g/mol. The Bertz CT molecular complexity index is 336. The van der Waals surface area contributed by atoms with E-state index in [0.717, 1.165) is 17.6 Å². The van der Waals surface area contributed by atoms with Gasteiger partial charge in [0, 0.05) is 23.0 Å². The average molecular weight is 194 g/mol. The Morgan fingerprint density at radius 2 is 2.23 bits per heavy atom. The molecule has 0 radical (unpaired) electrons. The van der Waals surface area contributed by atoms with Crippen molar-refractivity contribution < 1.29 is 0 Å². The van der Waals surface area contributed by atoms with Gasteiger partial charge in [0.1, 0.15) is 0 Å². The molecule has 1 N–H and O–H groups in total. The summed E-state index contributed by atoms with van der Waals surface area (Å²) in [4.78, 5) is 0. The molecule has 1 aromatic rings. The van der Waals surface area contributed by atoms with Crippen LogP contribution in [0.2, 0.25) is 5.02 Å². The van der Waals surface area contributed by atoms with E-state index in [4.69, 9.17) is 11.6 Å². The average Bonchev–Trinajstić information content (AvgIpc) is 2.61. The molecule has 13 heavy (non-hydrogen) atoms. The van der Waals surface area contributed by atoms with E-state index in [1.807, 2.05) is 6.07 Å². The maximum Gasteiger partial charge on any atom is 0.0408 e. The van der Waals surface area contributed by atoms with E-state index in [1.54, 1.807) is 0 Å². The second-order valence-electron chi connectivity index (χ2n) is 4.28. The molecule has 3 fully saturated rings. The highest BCUT2D eigenvalue weighted by Crippen LogP contribution is 2.48. The molecule has 0 amide bonds. The van der Waals surface area contributed by atoms with Crippen molar-refractivity contribution in [3.63, 3.8) is 0 Å². The molecule has 1 aliphatic carbocycles. The molecular formula is C11H12ClN. The fourth-order valence-corrected chi connectivity index (χ4v) is 2.86. The Morgan fingerprint density at radius 3 is 2.85 bits per heavy atom. The smallest absolute Gasteiger partial charge is 0.0408 e. The van der Waals surface area contributed by atoms with Crippen molar-refractivity contribution in [2.45, 2.75) is 24.3 Å². The van der Waals surface area contributed by atoms with Crippen LogP contribution in [-0.4, -0.2) is 12.6 Å². The van der Waals surface area contributed by atoms with Gasteiger partial charge in [-0.25, -0.2) is 0 Å². The summed E-state index contributed by atoms with van der Waals surface area (Å²) in [6.45, 7) is 1.14. The van der Waals surface area contributed by atoms with Crippen molar-refractivity contribution in [2.24, 2.45) is 0 Å². The third-order valence-corrected chi connectivity index (χ3v) is 3.68. The van der Waals surface area contributed by atoms with Crippen LogP contribution in [0.3, 0.4) is 0 Å². The normalized spacial score (nSPS) is 35.9. The lowest BCUT2D eigenvalue weighted by Gasteiger charge is -2.37. The van der Waals surface area contributed by atoms with Gasteiger partial charge in [-0.05, 0) is 30.5 Å². The number of benzene rings is 1. The lowest BCUT2D eigenvalue weighted by atomic mass is 9.66. The van der Waals surface area contributed by atoms with Crippen molar-refractivity contribution in [2.75, 3.05) is 6.54 Å². The molecule has 3 aliphatic rings. The molecular weight excluding hydrogens is 182 g/mol. The van der Waals surface area contributed by atoms with Gasteiger partial charge in [0.2, 0.25) is 0 Å². The van der Waals surface area contributed by atoms with E-state index >= 15 is 0 Å². The largest absolute Gasteiger partial charge is 0.313 e. The molecule has 68 valence electrons. The molecule has 2 bridgehead atoms. The summed E-state index contributed by atoms with van der Waals surface area (Å²) in [5, 5.41) is 4.37. The molecule has 2 aliphatic heterocycles. The van der Waals surface area contributed by atoms with E-state index < -0.39 is 0 Å². The second kappa shape index (κ2) is 2.49. The summed E-state index contributed by atoms with van der Waals surface area (Å²) in [5.41, 5.74) is 1.84. The van der Waals surface area contributed by atoms with E-state index in [9.17, 15) is 0 Å². The first kappa shape index (κ1) is 7.84.